The Morgan fingerprint density at radius 1 is 1.55 bits per heavy atom. The summed E-state index contributed by atoms with van der Waals surface area (Å²) in [5, 5.41) is 26.3. The van der Waals surface area contributed by atoms with E-state index in [1.165, 1.54) is 6.20 Å². The van der Waals surface area contributed by atoms with E-state index in [0.717, 1.165) is 0 Å². The van der Waals surface area contributed by atoms with E-state index in [4.69, 9.17) is 14.9 Å². The summed E-state index contributed by atoms with van der Waals surface area (Å²) in [6, 6.07) is -1.80. The minimum atomic E-state index is -1.20. The van der Waals surface area contributed by atoms with Crippen molar-refractivity contribution >= 4 is 17.7 Å². The van der Waals surface area contributed by atoms with Crippen molar-refractivity contribution in [2.24, 2.45) is 0 Å². The average molecular weight is 286 g/mol. The number of hydrogen-bond donors (Lipinski definition) is 4. The number of aliphatic carboxylic acids is 1. The lowest BCUT2D eigenvalue weighted by Gasteiger charge is -2.13. The van der Waals surface area contributed by atoms with Gasteiger partial charge in [-0.25, -0.2) is 9.59 Å². The monoisotopic (exact) mass is 286 g/mol. The summed E-state index contributed by atoms with van der Waals surface area (Å²) >= 11 is 0. The maximum Gasteiger partial charge on any atom is 0.326 e. The highest BCUT2D eigenvalue weighted by molar-refractivity contribution is 5.91. The van der Waals surface area contributed by atoms with E-state index in [9.17, 15) is 9.59 Å². The van der Waals surface area contributed by atoms with Crippen molar-refractivity contribution in [3.05, 3.63) is 12.4 Å². The van der Waals surface area contributed by atoms with Crippen molar-refractivity contribution in [2.45, 2.75) is 19.0 Å². The number of amides is 2. The van der Waals surface area contributed by atoms with Crippen molar-refractivity contribution in [2.75, 3.05) is 25.6 Å². The van der Waals surface area contributed by atoms with Crippen molar-refractivity contribution in [1.82, 2.24) is 15.1 Å². The van der Waals surface area contributed by atoms with Gasteiger partial charge in [-0.1, -0.05) is 0 Å². The van der Waals surface area contributed by atoms with Gasteiger partial charge in [0.2, 0.25) is 0 Å². The molecule has 0 unspecified atom stereocenters. The summed E-state index contributed by atoms with van der Waals surface area (Å²) in [7, 11) is 1.57. The molecule has 112 valence electrons. The molecule has 9 heteroatoms. The molecule has 0 radical (unpaired) electrons. The molecule has 1 rings (SSSR count). The number of urea groups is 1. The molecule has 0 saturated carbocycles. The Morgan fingerprint density at radius 3 is 2.90 bits per heavy atom. The van der Waals surface area contributed by atoms with Crippen molar-refractivity contribution in [1.29, 1.82) is 0 Å². The summed E-state index contributed by atoms with van der Waals surface area (Å²) < 4.78 is 6.48. The highest BCUT2D eigenvalue weighted by Gasteiger charge is 2.19. The Bertz CT molecular complexity index is 448. The van der Waals surface area contributed by atoms with Crippen molar-refractivity contribution in [3.63, 3.8) is 0 Å². The van der Waals surface area contributed by atoms with Gasteiger partial charge in [0.05, 0.1) is 25.0 Å². The van der Waals surface area contributed by atoms with Crippen LogP contribution in [0.15, 0.2) is 12.4 Å². The molecule has 1 aromatic rings. The van der Waals surface area contributed by atoms with E-state index in [2.05, 4.69) is 15.7 Å². The van der Waals surface area contributed by atoms with Crippen LogP contribution in [0.5, 0.6) is 0 Å². The predicted molar refractivity (Wildman–Crippen MR) is 69.4 cm³/mol. The molecule has 0 aliphatic heterocycles. The first-order chi connectivity index (χ1) is 9.56. The van der Waals surface area contributed by atoms with Crippen LogP contribution in [0.4, 0.5) is 10.5 Å². The summed E-state index contributed by atoms with van der Waals surface area (Å²) in [6.07, 6.45) is 2.98. The van der Waals surface area contributed by atoms with Gasteiger partial charge in [-0.15, -0.1) is 0 Å². The number of nitrogens with zero attached hydrogens (tertiary/aromatic N) is 2. The number of anilines is 1. The maximum absolute atomic E-state index is 11.6. The molecule has 1 aromatic heterocycles. The number of aliphatic hydroxyl groups is 1. The second-order valence-electron chi connectivity index (χ2n) is 3.99. The third kappa shape index (κ3) is 5.24. The van der Waals surface area contributed by atoms with Gasteiger partial charge in [0.1, 0.15) is 6.04 Å². The fraction of sp³-hybridized carbons (Fsp3) is 0.545. The van der Waals surface area contributed by atoms with Gasteiger partial charge < -0.3 is 25.6 Å². The Hall–Kier alpha value is -2.13. The zero-order chi connectivity index (χ0) is 15.0. The van der Waals surface area contributed by atoms with E-state index in [-0.39, 0.29) is 13.0 Å². The average Bonchev–Trinajstić information content (AvgIpc) is 2.83. The lowest BCUT2D eigenvalue weighted by molar-refractivity contribution is -0.139. The number of nitrogens with one attached hydrogen (secondary N) is 2. The molecule has 0 aliphatic carbocycles. The topological polar surface area (TPSA) is 126 Å². The van der Waals surface area contributed by atoms with Crippen LogP contribution in [0.3, 0.4) is 0 Å². The number of aliphatic hydroxyl groups excluding tert-OH is 1. The lowest BCUT2D eigenvalue weighted by Crippen LogP contribution is -2.43. The number of methoxy groups -OCH3 is 1. The minimum absolute atomic E-state index is 0.0597. The first-order valence-electron chi connectivity index (χ1n) is 5.99. The smallest absolute Gasteiger partial charge is 0.326 e. The first-order valence-corrected chi connectivity index (χ1v) is 5.99. The first kappa shape index (κ1) is 15.9. The Labute approximate surface area is 115 Å². The molecule has 4 N–H and O–H groups in total. The van der Waals surface area contributed by atoms with Gasteiger partial charge in [-0.05, 0) is 0 Å². The maximum atomic E-state index is 11.6. The molecular weight excluding hydrogens is 268 g/mol. The molecule has 20 heavy (non-hydrogen) atoms. The normalized spacial score (nSPS) is 11.9. The van der Waals surface area contributed by atoms with E-state index in [1.54, 1.807) is 18.0 Å². The summed E-state index contributed by atoms with van der Waals surface area (Å²) in [5.74, 6) is -1.20. The highest BCUT2D eigenvalue weighted by atomic mass is 16.5. The van der Waals surface area contributed by atoms with Gasteiger partial charge >= 0.3 is 12.0 Å². The second kappa shape index (κ2) is 8.12. The van der Waals surface area contributed by atoms with Crippen molar-refractivity contribution < 1.29 is 24.5 Å². The van der Waals surface area contributed by atoms with E-state index in [1.807, 2.05) is 0 Å². The number of hydrogen-bond acceptors (Lipinski definition) is 5. The zero-order valence-electron chi connectivity index (χ0n) is 11.1. The van der Waals surface area contributed by atoms with Crippen LogP contribution in [0.2, 0.25) is 0 Å². The minimum Gasteiger partial charge on any atom is -0.480 e. The fourth-order valence-corrected chi connectivity index (χ4v) is 1.45. The molecule has 0 aromatic carbocycles. The summed E-state index contributed by atoms with van der Waals surface area (Å²) in [5.41, 5.74) is 0.437. The largest absolute Gasteiger partial charge is 0.480 e. The van der Waals surface area contributed by atoms with E-state index in [0.29, 0.717) is 18.8 Å². The third-order valence-corrected chi connectivity index (χ3v) is 2.44. The van der Waals surface area contributed by atoms with Gasteiger partial charge in [-0.3, -0.25) is 4.68 Å². The van der Waals surface area contributed by atoms with Crippen LogP contribution in [0.1, 0.15) is 6.42 Å². The van der Waals surface area contributed by atoms with Gasteiger partial charge in [0.25, 0.3) is 0 Å². The third-order valence-electron chi connectivity index (χ3n) is 2.44. The zero-order valence-corrected chi connectivity index (χ0v) is 11.1. The number of ether oxygens (including phenoxy) is 1. The van der Waals surface area contributed by atoms with Gasteiger partial charge in [0, 0.05) is 26.3 Å². The van der Waals surface area contributed by atoms with E-state index >= 15 is 0 Å². The molecule has 1 atom stereocenters. The lowest BCUT2D eigenvalue weighted by atomic mass is 10.2. The van der Waals surface area contributed by atoms with Crippen LogP contribution in [-0.4, -0.2) is 58.4 Å². The molecule has 2 amide bonds. The van der Waals surface area contributed by atoms with Crippen LogP contribution >= 0.6 is 0 Å². The Morgan fingerprint density at radius 2 is 2.30 bits per heavy atom. The molecule has 0 bridgehead atoms. The standard InChI is InChI=1S/C11H18N4O5/c1-20-5-3-15-7-8(6-12-15)13-11(19)14-9(2-4-16)10(17)18/h6-7,9,16H,2-5H2,1H3,(H,17,18)(H2,13,14,19)/t9-/m1/s1. The number of carboxylic acid groups (broad SMARTS) is 1. The predicted octanol–water partition coefficient (Wildman–Crippen LogP) is -0.513. The SMILES string of the molecule is COCCn1cc(NC(=O)N[C@H](CCO)C(=O)O)cn1. The van der Waals surface area contributed by atoms with Crippen LogP contribution < -0.4 is 10.6 Å². The number of aromatic nitrogens is 2. The molecule has 1 heterocycles. The van der Waals surface area contributed by atoms with Crippen LogP contribution in [-0.2, 0) is 16.1 Å². The molecule has 0 spiro atoms. The number of carboxylic acids is 1. The summed E-state index contributed by atoms with van der Waals surface area (Å²) in [4.78, 5) is 22.4. The molecule has 0 fully saturated rings. The second-order valence-corrected chi connectivity index (χ2v) is 3.99. The Balaban J connectivity index is 2.48. The molecule has 0 aliphatic rings. The Kier molecular flexibility index (Phi) is 6.47. The number of carbonyl (C=O) groups is 2. The van der Waals surface area contributed by atoms with E-state index < -0.39 is 18.0 Å². The van der Waals surface area contributed by atoms with Gasteiger partial charge in [0.15, 0.2) is 0 Å². The number of carbonyl (C=O) groups excluding carboxylic acids is 1. The molecular formula is C11H18N4O5. The van der Waals surface area contributed by atoms with Crippen molar-refractivity contribution in [3.8, 4) is 0 Å². The quantitative estimate of drug-likeness (QED) is 0.510. The van der Waals surface area contributed by atoms with Gasteiger partial charge in [-0.2, -0.15) is 5.10 Å². The fourth-order valence-electron chi connectivity index (χ4n) is 1.45. The highest BCUT2D eigenvalue weighted by Crippen LogP contribution is 2.04. The number of rotatable bonds is 8. The summed E-state index contributed by atoms with van der Waals surface area (Å²) in [6.45, 7) is 0.708. The van der Waals surface area contributed by atoms with Crippen LogP contribution in [0.25, 0.3) is 0 Å². The van der Waals surface area contributed by atoms with Crippen LogP contribution in [0, 0.1) is 0 Å². The molecule has 0 saturated heterocycles. The molecule has 9 nitrogen and oxygen atoms in total.